The van der Waals surface area contributed by atoms with E-state index in [0.29, 0.717) is 0 Å². The van der Waals surface area contributed by atoms with Gasteiger partial charge in [-0.15, -0.1) is 0 Å². The Morgan fingerprint density at radius 3 is 3.17 bits per heavy atom. The Morgan fingerprint density at radius 1 is 1.42 bits per heavy atom. The van der Waals surface area contributed by atoms with Crippen molar-refractivity contribution in [3.05, 3.63) is 35.4 Å². The molecule has 0 spiro atoms. The summed E-state index contributed by atoms with van der Waals surface area (Å²) in [6.07, 6.45) is 2.05. The maximum atomic E-state index is 9.88. The fourth-order valence-corrected chi connectivity index (χ4v) is 2.05. The van der Waals surface area contributed by atoms with Gasteiger partial charge in [0, 0.05) is 5.56 Å². The Morgan fingerprint density at radius 2 is 2.25 bits per heavy atom. The van der Waals surface area contributed by atoms with Crippen molar-refractivity contribution in [1.82, 2.24) is 0 Å². The molecule has 0 radical (unpaired) electrons. The van der Waals surface area contributed by atoms with Crippen LogP contribution in [-0.4, -0.2) is 11.2 Å². The van der Waals surface area contributed by atoms with Gasteiger partial charge in [-0.1, -0.05) is 24.3 Å². The fraction of sp³-hybridized carbons (Fsp3) is 0.400. The molecule has 1 aromatic carbocycles. The molecule has 2 nitrogen and oxygen atoms in total. The molecule has 2 aliphatic rings. The minimum Gasteiger partial charge on any atom is -0.360 e. The second-order valence-corrected chi connectivity index (χ2v) is 3.50. The molecular weight excluding hydrogens is 152 g/mol. The number of epoxide rings is 1. The van der Waals surface area contributed by atoms with Gasteiger partial charge in [0.1, 0.15) is 6.10 Å². The van der Waals surface area contributed by atoms with E-state index < -0.39 is 5.79 Å². The molecule has 12 heavy (non-hydrogen) atoms. The highest BCUT2D eigenvalue weighted by Crippen LogP contribution is 2.50. The first kappa shape index (κ1) is 6.63. The second-order valence-electron chi connectivity index (χ2n) is 3.50. The minimum atomic E-state index is -0.922. The molecule has 0 amide bonds. The first-order valence-corrected chi connectivity index (χ1v) is 4.29. The zero-order chi connectivity index (χ0) is 8.18. The normalized spacial score (nSPS) is 36.9. The maximum absolute atomic E-state index is 9.88. The van der Waals surface area contributed by atoms with Crippen molar-refractivity contribution in [2.45, 2.75) is 24.7 Å². The third kappa shape index (κ3) is 0.667. The zero-order valence-electron chi connectivity index (χ0n) is 6.66. The number of fused-ring (bicyclic) bond motifs is 3. The summed E-state index contributed by atoms with van der Waals surface area (Å²) in [6, 6.07) is 7.96. The fourth-order valence-electron chi connectivity index (χ4n) is 2.05. The molecule has 0 bridgehead atoms. The van der Waals surface area contributed by atoms with Gasteiger partial charge >= 0.3 is 0 Å². The van der Waals surface area contributed by atoms with Crippen molar-refractivity contribution < 1.29 is 9.84 Å². The third-order valence-electron chi connectivity index (χ3n) is 2.78. The SMILES string of the molecule is OC12OC1CCc1ccccc12. The largest absolute Gasteiger partial charge is 0.360 e. The molecule has 1 saturated heterocycles. The summed E-state index contributed by atoms with van der Waals surface area (Å²) in [5, 5.41) is 9.88. The molecule has 1 N–H and O–H groups in total. The Balaban J connectivity index is 2.19. The number of aliphatic hydroxyl groups is 1. The van der Waals surface area contributed by atoms with Crippen LogP contribution in [0.25, 0.3) is 0 Å². The molecule has 2 atom stereocenters. The molecule has 62 valence electrons. The second kappa shape index (κ2) is 1.90. The molecule has 1 fully saturated rings. The molecule has 1 heterocycles. The standard InChI is InChI=1S/C10H10O2/c11-10-8-4-2-1-3-7(8)5-6-9(10)12-10/h1-4,9,11H,5-6H2. The molecule has 1 aromatic rings. The first-order chi connectivity index (χ1) is 5.81. The van der Waals surface area contributed by atoms with Gasteiger partial charge in [0.05, 0.1) is 0 Å². The Labute approximate surface area is 70.8 Å². The average Bonchev–Trinajstić information content (AvgIpc) is 2.78. The Kier molecular flexibility index (Phi) is 1.05. The molecule has 1 aliphatic heterocycles. The van der Waals surface area contributed by atoms with Crippen molar-refractivity contribution in [2.75, 3.05) is 0 Å². The van der Waals surface area contributed by atoms with Gasteiger partial charge in [0.15, 0.2) is 0 Å². The molecule has 1 aliphatic carbocycles. The summed E-state index contributed by atoms with van der Waals surface area (Å²) in [5.74, 6) is -0.922. The molecule has 3 rings (SSSR count). The summed E-state index contributed by atoms with van der Waals surface area (Å²) < 4.78 is 5.25. The number of rotatable bonds is 0. The molecule has 2 unspecified atom stereocenters. The number of hydrogen-bond donors (Lipinski definition) is 1. The van der Waals surface area contributed by atoms with Crippen molar-refractivity contribution in [1.29, 1.82) is 0 Å². The quantitative estimate of drug-likeness (QED) is 0.581. The third-order valence-corrected chi connectivity index (χ3v) is 2.78. The van der Waals surface area contributed by atoms with E-state index in [9.17, 15) is 5.11 Å². The average molecular weight is 162 g/mol. The number of ether oxygens (including phenoxy) is 1. The van der Waals surface area contributed by atoms with Crippen LogP contribution in [0.1, 0.15) is 17.5 Å². The predicted molar refractivity (Wildman–Crippen MR) is 43.5 cm³/mol. The molecular formula is C10H10O2. The van der Waals surface area contributed by atoms with Crippen LogP contribution in [0, 0.1) is 0 Å². The van der Waals surface area contributed by atoms with Gasteiger partial charge in [-0.25, -0.2) is 0 Å². The summed E-state index contributed by atoms with van der Waals surface area (Å²) in [6.45, 7) is 0. The lowest BCUT2D eigenvalue weighted by Gasteiger charge is -2.16. The van der Waals surface area contributed by atoms with E-state index in [1.165, 1.54) is 5.56 Å². The van der Waals surface area contributed by atoms with Gasteiger partial charge < -0.3 is 9.84 Å². The Bertz CT molecular complexity index is 332. The minimum absolute atomic E-state index is 0.0624. The van der Waals surface area contributed by atoms with Gasteiger partial charge in [-0.2, -0.15) is 0 Å². The van der Waals surface area contributed by atoms with E-state index in [1.807, 2.05) is 18.2 Å². The van der Waals surface area contributed by atoms with Gasteiger partial charge in [0.2, 0.25) is 5.79 Å². The summed E-state index contributed by atoms with van der Waals surface area (Å²) in [4.78, 5) is 0. The first-order valence-electron chi connectivity index (χ1n) is 4.29. The van der Waals surface area contributed by atoms with Crippen LogP contribution in [0.3, 0.4) is 0 Å². The summed E-state index contributed by atoms with van der Waals surface area (Å²) in [7, 11) is 0. The number of benzene rings is 1. The molecule has 2 heteroatoms. The lowest BCUT2D eigenvalue weighted by molar-refractivity contribution is 0.0320. The summed E-state index contributed by atoms with van der Waals surface area (Å²) in [5.41, 5.74) is 2.20. The van der Waals surface area contributed by atoms with Crippen LogP contribution < -0.4 is 0 Å². The van der Waals surface area contributed by atoms with E-state index in [4.69, 9.17) is 4.74 Å². The topological polar surface area (TPSA) is 32.8 Å². The van der Waals surface area contributed by atoms with Gasteiger partial charge in [-0.05, 0) is 18.4 Å². The van der Waals surface area contributed by atoms with Crippen molar-refractivity contribution in [3.63, 3.8) is 0 Å². The monoisotopic (exact) mass is 162 g/mol. The van der Waals surface area contributed by atoms with Crippen molar-refractivity contribution in [2.24, 2.45) is 0 Å². The Hall–Kier alpha value is -0.860. The highest BCUT2D eigenvalue weighted by atomic mass is 16.7. The van der Waals surface area contributed by atoms with E-state index >= 15 is 0 Å². The van der Waals surface area contributed by atoms with Crippen LogP contribution in [0.2, 0.25) is 0 Å². The highest BCUT2D eigenvalue weighted by Gasteiger charge is 2.59. The van der Waals surface area contributed by atoms with Gasteiger partial charge in [0.25, 0.3) is 0 Å². The van der Waals surface area contributed by atoms with Crippen LogP contribution in [0.5, 0.6) is 0 Å². The number of hydrogen-bond acceptors (Lipinski definition) is 2. The van der Waals surface area contributed by atoms with E-state index in [-0.39, 0.29) is 6.10 Å². The highest BCUT2D eigenvalue weighted by molar-refractivity contribution is 5.37. The number of aryl methyl sites for hydroxylation is 1. The van der Waals surface area contributed by atoms with Crippen molar-refractivity contribution >= 4 is 0 Å². The van der Waals surface area contributed by atoms with Crippen LogP contribution in [-0.2, 0) is 16.9 Å². The van der Waals surface area contributed by atoms with Crippen molar-refractivity contribution in [3.8, 4) is 0 Å². The van der Waals surface area contributed by atoms with Gasteiger partial charge in [-0.3, -0.25) is 0 Å². The van der Waals surface area contributed by atoms with Crippen LogP contribution >= 0.6 is 0 Å². The lowest BCUT2D eigenvalue weighted by Crippen LogP contribution is -2.19. The molecule has 0 saturated carbocycles. The van der Waals surface area contributed by atoms with E-state index in [2.05, 4.69) is 6.07 Å². The zero-order valence-corrected chi connectivity index (χ0v) is 6.66. The van der Waals surface area contributed by atoms with E-state index in [0.717, 1.165) is 18.4 Å². The molecule has 0 aromatic heterocycles. The van der Waals surface area contributed by atoms with Crippen LogP contribution in [0.15, 0.2) is 24.3 Å². The van der Waals surface area contributed by atoms with E-state index in [1.54, 1.807) is 0 Å². The summed E-state index contributed by atoms with van der Waals surface area (Å²) >= 11 is 0. The smallest absolute Gasteiger partial charge is 0.220 e. The lowest BCUT2D eigenvalue weighted by atomic mass is 9.90. The van der Waals surface area contributed by atoms with Crippen LogP contribution in [0.4, 0.5) is 0 Å². The predicted octanol–water partition coefficient (Wildman–Crippen LogP) is 1.18. The maximum Gasteiger partial charge on any atom is 0.220 e.